The second kappa shape index (κ2) is 11.4. The maximum absolute atomic E-state index is 13.6. The van der Waals surface area contributed by atoms with Crippen molar-refractivity contribution in [3.8, 4) is 5.75 Å². The Balaban J connectivity index is 1.97. The van der Waals surface area contributed by atoms with Crippen LogP contribution in [0.3, 0.4) is 0 Å². The molecule has 0 spiro atoms. The molecule has 0 aliphatic carbocycles. The number of methoxy groups -OCH3 is 1. The van der Waals surface area contributed by atoms with Crippen LogP contribution in [0.1, 0.15) is 19.4 Å². The fourth-order valence-electron chi connectivity index (χ4n) is 3.68. The van der Waals surface area contributed by atoms with Gasteiger partial charge in [-0.3, -0.25) is 4.79 Å². The van der Waals surface area contributed by atoms with Crippen molar-refractivity contribution in [3.05, 3.63) is 65.8 Å². The van der Waals surface area contributed by atoms with Gasteiger partial charge in [-0.2, -0.15) is 4.98 Å². The third kappa shape index (κ3) is 6.02. The molecule has 0 radical (unpaired) electrons. The van der Waals surface area contributed by atoms with Crippen LogP contribution in [0.5, 0.6) is 5.75 Å². The average Bonchev–Trinajstić information content (AvgIpc) is 2.86. The number of aryl methyl sites for hydroxylation is 1. The zero-order valence-electron chi connectivity index (χ0n) is 20.2. The first-order chi connectivity index (χ1) is 16.7. The van der Waals surface area contributed by atoms with Gasteiger partial charge in [-0.1, -0.05) is 44.2 Å². The lowest BCUT2D eigenvalue weighted by molar-refractivity contribution is -0.111. The van der Waals surface area contributed by atoms with Gasteiger partial charge in [-0.25, -0.2) is 4.98 Å². The summed E-state index contributed by atoms with van der Waals surface area (Å²) < 4.78 is 19.0. The minimum absolute atomic E-state index is 0.255. The van der Waals surface area contributed by atoms with Gasteiger partial charge >= 0.3 is 0 Å². The molecular weight excluding hydrogens is 485 g/mol. The number of carbonyl (C=O) groups is 1. The fourth-order valence-corrected chi connectivity index (χ4v) is 6.19. The van der Waals surface area contributed by atoms with Crippen molar-refractivity contribution in [2.24, 2.45) is 0 Å². The minimum Gasteiger partial charge on any atom is -0.495 e. The van der Waals surface area contributed by atoms with Crippen molar-refractivity contribution in [3.63, 3.8) is 0 Å². The Morgan fingerprint density at radius 3 is 2.57 bits per heavy atom. The van der Waals surface area contributed by atoms with Gasteiger partial charge in [0.15, 0.2) is 5.82 Å². The number of nitrogens with zero attached hydrogens (tertiary/aromatic N) is 2. The number of nitrogens with one attached hydrogen (secondary N) is 3. The lowest BCUT2D eigenvalue weighted by atomic mass is 10.2. The summed E-state index contributed by atoms with van der Waals surface area (Å²) in [6.07, 6.45) is 3.79. The van der Waals surface area contributed by atoms with E-state index in [1.165, 1.54) is 19.4 Å². The Kier molecular flexibility index (Phi) is 8.54. The lowest BCUT2D eigenvalue weighted by Crippen LogP contribution is -2.17. The van der Waals surface area contributed by atoms with E-state index in [1.807, 2.05) is 39.0 Å². The second-order valence-electron chi connectivity index (χ2n) is 7.74. The van der Waals surface area contributed by atoms with Gasteiger partial charge in [0, 0.05) is 23.3 Å². The predicted octanol–water partition coefficient (Wildman–Crippen LogP) is 6.09. The van der Waals surface area contributed by atoms with Crippen molar-refractivity contribution >= 4 is 58.8 Å². The maximum Gasteiger partial charge on any atom is 0.247 e. The standard InChI is InChI=1S/C25H29ClN5O3P/c1-6-22(32)28-17-12-13-21(34-5)20(14-17)30-25-27-15-18(26)24(31-25)29-19-11-9-10-16(4)23(19)35(33,7-2)8-3/h6,9-15H,1,7-8H2,2-5H3,(H,28,32)(H2,27,29,30,31). The van der Waals surface area contributed by atoms with E-state index in [9.17, 15) is 9.36 Å². The molecule has 3 N–H and O–H groups in total. The summed E-state index contributed by atoms with van der Waals surface area (Å²) in [7, 11) is -1.04. The van der Waals surface area contributed by atoms with Crippen LogP contribution < -0.4 is 26.0 Å². The Labute approximate surface area is 210 Å². The highest BCUT2D eigenvalue weighted by Gasteiger charge is 2.26. The highest BCUT2D eigenvalue weighted by Crippen LogP contribution is 2.47. The highest BCUT2D eigenvalue weighted by atomic mass is 35.5. The van der Waals surface area contributed by atoms with Gasteiger partial charge in [0.2, 0.25) is 11.9 Å². The molecule has 0 atom stereocenters. The molecule has 0 saturated carbocycles. The van der Waals surface area contributed by atoms with Crippen molar-refractivity contribution in [1.29, 1.82) is 0 Å². The number of rotatable bonds is 10. The number of ether oxygens (including phenoxy) is 1. The number of halogens is 1. The summed E-state index contributed by atoms with van der Waals surface area (Å²) in [5.41, 5.74) is 2.74. The Morgan fingerprint density at radius 2 is 1.91 bits per heavy atom. The summed E-state index contributed by atoms with van der Waals surface area (Å²) in [4.78, 5) is 20.5. The van der Waals surface area contributed by atoms with Crippen LogP contribution in [0.4, 0.5) is 28.8 Å². The molecule has 0 saturated heterocycles. The Morgan fingerprint density at radius 1 is 1.17 bits per heavy atom. The van der Waals surface area contributed by atoms with Gasteiger partial charge in [-0.05, 0) is 42.8 Å². The van der Waals surface area contributed by atoms with Crippen molar-refractivity contribution in [2.45, 2.75) is 20.8 Å². The summed E-state index contributed by atoms with van der Waals surface area (Å²) in [5.74, 6) is 0.818. The van der Waals surface area contributed by atoms with Crippen LogP contribution >= 0.6 is 18.7 Å². The van der Waals surface area contributed by atoms with Crippen LogP contribution in [-0.2, 0) is 9.36 Å². The largest absolute Gasteiger partial charge is 0.495 e. The molecule has 184 valence electrons. The zero-order chi connectivity index (χ0) is 25.6. The van der Waals surface area contributed by atoms with E-state index in [4.69, 9.17) is 16.3 Å². The molecule has 3 aromatic rings. The molecule has 0 bridgehead atoms. The predicted molar refractivity (Wildman–Crippen MR) is 145 cm³/mol. The Bertz CT molecular complexity index is 1290. The second-order valence-corrected chi connectivity index (χ2v) is 11.6. The molecule has 0 aliphatic heterocycles. The van der Waals surface area contributed by atoms with Gasteiger partial charge in [0.1, 0.15) is 17.9 Å². The van der Waals surface area contributed by atoms with E-state index in [0.717, 1.165) is 10.9 Å². The molecule has 0 unspecified atom stereocenters. The Hall–Kier alpha value is -3.35. The molecule has 0 aliphatic rings. The molecule has 35 heavy (non-hydrogen) atoms. The number of aromatic nitrogens is 2. The molecular formula is C25H29ClN5O3P. The fraction of sp³-hybridized carbons (Fsp3) is 0.240. The average molecular weight is 514 g/mol. The van der Waals surface area contributed by atoms with Crippen LogP contribution in [0.25, 0.3) is 0 Å². The summed E-state index contributed by atoms with van der Waals surface area (Å²) in [6, 6.07) is 10.8. The number of carbonyl (C=O) groups excluding carboxylic acids is 1. The summed E-state index contributed by atoms with van der Waals surface area (Å²) >= 11 is 6.41. The van der Waals surface area contributed by atoms with Gasteiger partial charge in [0.25, 0.3) is 0 Å². The van der Waals surface area contributed by atoms with Gasteiger partial charge < -0.3 is 25.3 Å². The van der Waals surface area contributed by atoms with Crippen molar-refractivity contribution in [2.75, 3.05) is 35.4 Å². The van der Waals surface area contributed by atoms with E-state index in [1.54, 1.807) is 18.2 Å². The van der Waals surface area contributed by atoms with Crippen LogP contribution in [0.2, 0.25) is 5.02 Å². The SMILES string of the molecule is C=CC(=O)Nc1ccc(OC)c(Nc2ncc(Cl)c(Nc3cccc(C)c3P(=O)(CC)CC)n2)c1. The smallest absolute Gasteiger partial charge is 0.247 e. The van der Waals surface area contributed by atoms with E-state index in [-0.39, 0.29) is 11.9 Å². The summed E-state index contributed by atoms with van der Waals surface area (Å²) in [6.45, 7) is 9.30. The highest BCUT2D eigenvalue weighted by molar-refractivity contribution is 7.72. The number of hydrogen-bond acceptors (Lipinski definition) is 7. The van der Waals surface area contributed by atoms with Crippen molar-refractivity contribution < 1.29 is 14.1 Å². The first-order valence-corrected chi connectivity index (χ1v) is 13.6. The normalized spacial score (nSPS) is 11.0. The quantitative estimate of drug-likeness (QED) is 0.222. The molecule has 2 aromatic carbocycles. The third-order valence-electron chi connectivity index (χ3n) is 5.56. The minimum atomic E-state index is -2.58. The molecule has 8 nitrogen and oxygen atoms in total. The summed E-state index contributed by atoms with van der Waals surface area (Å²) in [5, 5.41) is 10.2. The van der Waals surface area contributed by atoms with Crippen LogP contribution in [0, 0.1) is 6.92 Å². The number of hydrogen-bond donors (Lipinski definition) is 3. The number of anilines is 5. The first kappa shape index (κ1) is 26.3. The van der Waals surface area contributed by atoms with E-state index in [0.29, 0.717) is 46.0 Å². The van der Waals surface area contributed by atoms with E-state index >= 15 is 0 Å². The molecule has 1 heterocycles. The van der Waals surface area contributed by atoms with Crippen molar-refractivity contribution in [1.82, 2.24) is 9.97 Å². The van der Waals surface area contributed by atoms with E-state index < -0.39 is 7.14 Å². The molecule has 0 fully saturated rings. The molecule has 1 amide bonds. The first-order valence-electron chi connectivity index (χ1n) is 11.1. The van der Waals surface area contributed by atoms with E-state index in [2.05, 4.69) is 32.5 Å². The molecule has 3 rings (SSSR count). The van der Waals surface area contributed by atoms with Crippen LogP contribution in [-0.4, -0.2) is 35.3 Å². The van der Waals surface area contributed by atoms with Gasteiger partial charge in [-0.15, -0.1) is 0 Å². The lowest BCUT2D eigenvalue weighted by Gasteiger charge is -2.22. The van der Waals surface area contributed by atoms with Crippen LogP contribution in [0.15, 0.2) is 55.3 Å². The number of benzene rings is 2. The third-order valence-corrected chi connectivity index (χ3v) is 9.29. The number of amides is 1. The zero-order valence-corrected chi connectivity index (χ0v) is 21.8. The molecule has 1 aromatic heterocycles. The van der Waals surface area contributed by atoms with Gasteiger partial charge in [0.05, 0.1) is 24.7 Å². The maximum atomic E-state index is 13.6. The molecule has 10 heteroatoms. The monoisotopic (exact) mass is 513 g/mol. The topological polar surface area (TPSA) is 105 Å².